The summed E-state index contributed by atoms with van der Waals surface area (Å²) in [7, 11) is 2.09. The van der Waals surface area contributed by atoms with Crippen molar-refractivity contribution >= 4 is 35.1 Å². The maximum absolute atomic E-state index is 13.2. The van der Waals surface area contributed by atoms with E-state index in [4.69, 9.17) is 33.9 Å². The highest BCUT2D eigenvalue weighted by Crippen LogP contribution is 2.42. The van der Waals surface area contributed by atoms with Gasteiger partial charge in [-0.25, -0.2) is 4.99 Å². The van der Waals surface area contributed by atoms with Crippen molar-refractivity contribution < 1.29 is 4.79 Å². The molecule has 4 rings (SSSR count). The van der Waals surface area contributed by atoms with Crippen LogP contribution >= 0.6 is 23.2 Å². The van der Waals surface area contributed by atoms with E-state index in [0.29, 0.717) is 10.0 Å². The molecule has 0 radical (unpaired) electrons. The Bertz CT molecular complexity index is 1000. The smallest absolute Gasteiger partial charge is 0.232 e. The summed E-state index contributed by atoms with van der Waals surface area (Å²) in [5.74, 6) is 0.288. The third-order valence-corrected chi connectivity index (χ3v) is 6.78. The lowest BCUT2D eigenvalue weighted by molar-refractivity contribution is -0.132. The Kier molecular flexibility index (Phi) is 5.80. The van der Waals surface area contributed by atoms with E-state index in [1.54, 1.807) is 4.90 Å². The van der Waals surface area contributed by atoms with E-state index in [2.05, 4.69) is 11.9 Å². The van der Waals surface area contributed by atoms with Crippen LogP contribution in [0.25, 0.3) is 11.1 Å². The second-order valence-electron chi connectivity index (χ2n) is 8.40. The number of amides is 1. The molecule has 0 spiro atoms. The van der Waals surface area contributed by atoms with Crippen LogP contribution in [0.3, 0.4) is 0 Å². The van der Waals surface area contributed by atoms with Crippen LogP contribution in [0.15, 0.2) is 47.5 Å². The summed E-state index contributed by atoms with van der Waals surface area (Å²) >= 11 is 13.0. The minimum Gasteiger partial charge on any atom is -0.369 e. The topological polar surface area (TPSA) is 61.9 Å². The molecular formula is C23H26Cl2N4O. The van der Waals surface area contributed by atoms with Gasteiger partial charge in [-0.1, -0.05) is 53.5 Å². The number of nitrogens with zero attached hydrogens (tertiary/aromatic N) is 3. The molecule has 7 heteroatoms. The van der Waals surface area contributed by atoms with E-state index in [1.165, 1.54) is 0 Å². The normalized spacial score (nSPS) is 23.5. The molecule has 2 aliphatic heterocycles. The highest BCUT2D eigenvalue weighted by Gasteiger charge is 2.41. The van der Waals surface area contributed by atoms with Crippen molar-refractivity contribution in [2.24, 2.45) is 10.7 Å². The molecule has 2 heterocycles. The van der Waals surface area contributed by atoms with E-state index < -0.39 is 5.54 Å². The van der Waals surface area contributed by atoms with E-state index >= 15 is 0 Å². The summed E-state index contributed by atoms with van der Waals surface area (Å²) in [5, 5.41) is 1.21. The molecule has 2 aromatic rings. The number of hydrogen-bond acceptors (Lipinski definition) is 4. The van der Waals surface area contributed by atoms with Crippen molar-refractivity contribution in [2.45, 2.75) is 37.8 Å². The van der Waals surface area contributed by atoms with Gasteiger partial charge in [0.25, 0.3) is 0 Å². The van der Waals surface area contributed by atoms with Gasteiger partial charge >= 0.3 is 0 Å². The van der Waals surface area contributed by atoms with Crippen molar-refractivity contribution in [2.75, 3.05) is 20.1 Å². The minimum absolute atomic E-state index is 0.00350. The third kappa shape index (κ3) is 3.94. The van der Waals surface area contributed by atoms with Gasteiger partial charge in [-0.3, -0.25) is 9.69 Å². The molecule has 0 aliphatic carbocycles. The van der Waals surface area contributed by atoms with Gasteiger partial charge in [-0.05, 0) is 63.2 Å². The van der Waals surface area contributed by atoms with Gasteiger partial charge in [0.05, 0.1) is 17.0 Å². The minimum atomic E-state index is -0.811. The molecule has 5 nitrogen and oxygen atoms in total. The van der Waals surface area contributed by atoms with Gasteiger partial charge in [0.2, 0.25) is 5.91 Å². The Morgan fingerprint density at radius 3 is 2.50 bits per heavy atom. The highest BCUT2D eigenvalue weighted by atomic mass is 35.5. The van der Waals surface area contributed by atoms with Crippen molar-refractivity contribution in [3.8, 4) is 11.1 Å². The second-order valence-corrected chi connectivity index (χ2v) is 9.21. The fraction of sp³-hybridized carbons (Fsp3) is 0.391. The molecule has 0 bridgehead atoms. The second kappa shape index (κ2) is 8.22. The molecule has 0 unspecified atom stereocenters. The molecule has 0 aromatic heterocycles. The summed E-state index contributed by atoms with van der Waals surface area (Å²) in [4.78, 5) is 21.9. The Hall–Kier alpha value is -2.08. The fourth-order valence-electron chi connectivity index (χ4n) is 4.48. The lowest BCUT2D eigenvalue weighted by Crippen LogP contribution is -2.56. The van der Waals surface area contributed by atoms with E-state index in [9.17, 15) is 4.79 Å². The van der Waals surface area contributed by atoms with Crippen LogP contribution in [0.5, 0.6) is 0 Å². The van der Waals surface area contributed by atoms with Gasteiger partial charge in [-0.2, -0.15) is 0 Å². The number of nitrogens with two attached hydrogens (primary N) is 1. The zero-order valence-corrected chi connectivity index (χ0v) is 18.7. The zero-order valence-electron chi connectivity index (χ0n) is 17.2. The molecule has 1 saturated heterocycles. The Morgan fingerprint density at radius 1 is 1.13 bits per heavy atom. The standard InChI is InChI=1S/C23H26Cl2N4O/c1-23(14-20(30)29(22(26)27-23)17-9-11-28(2)12-10-17)19-8-4-7-18(21(19)25)15-5-3-6-16(24)13-15/h3-8,13,17H,9-12,14H2,1-2H3,(H2,26,27)/t23-/m0/s1. The Balaban J connectivity index is 1.69. The highest BCUT2D eigenvalue weighted by molar-refractivity contribution is 6.34. The van der Waals surface area contributed by atoms with Crippen LogP contribution in [0.1, 0.15) is 31.7 Å². The quantitative estimate of drug-likeness (QED) is 0.756. The fourth-order valence-corrected chi connectivity index (χ4v) is 5.11. The van der Waals surface area contributed by atoms with Crippen LogP contribution < -0.4 is 5.73 Å². The molecule has 0 saturated carbocycles. The van der Waals surface area contributed by atoms with Gasteiger partial charge in [0.1, 0.15) is 0 Å². The first kappa shape index (κ1) is 21.2. The summed E-state index contributed by atoms with van der Waals surface area (Å²) in [6, 6.07) is 13.5. The number of carbonyl (C=O) groups excluding carboxylic acids is 1. The molecule has 1 amide bonds. The van der Waals surface area contributed by atoms with Crippen molar-refractivity contribution in [1.82, 2.24) is 9.80 Å². The molecule has 30 heavy (non-hydrogen) atoms. The zero-order chi connectivity index (χ0) is 21.5. The lowest BCUT2D eigenvalue weighted by atomic mass is 9.85. The summed E-state index contributed by atoms with van der Waals surface area (Å²) in [6.45, 7) is 3.83. The Morgan fingerprint density at radius 2 is 1.83 bits per heavy atom. The SMILES string of the molecule is CN1CCC(N2C(=O)C[C@@](C)(c3cccc(-c4cccc(Cl)c4)c3Cl)N=C2N)CC1. The third-order valence-electron chi connectivity index (χ3n) is 6.14. The van der Waals surface area contributed by atoms with Crippen molar-refractivity contribution in [1.29, 1.82) is 0 Å². The van der Waals surface area contributed by atoms with Gasteiger partial charge in [-0.15, -0.1) is 0 Å². The number of halogens is 2. The Labute approximate surface area is 187 Å². The van der Waals surface area contributed by atoms with Gasteiger partial charge < -0.3 is 10.6 Å². The van der Waals surface area contributed by atoms with Crippen LogP contribution in [0.2, 0.25) is 10.0 Å². The van der Waals surface area contributed by atoms with Gasteiger partial charge in [0.15, 0.2) is 5.96 Å². The average molecular weight is 445 g/mol. The maximum Gasteiger partial charge on any atom is 0.232 e. The number of aliphatic imine (C=N–C) groups is 1. The first-order chi connectivity index (χ1) is 14.3. The van der Waals surface area contributed by atoms with E-state index in [0.717, 1.165) is 42.6 Å². The lowest BCUT2D eigenvalue weighted by Gasteiger charge is -2.42. The van der Waals surface area contributed by atoms with Crippen LogP contribution in [-0.4, -0.2) is 47.8 Å². The summed E-state index contributed by atoms with van der Waals surface area (Å²) in [5.41, 5.74) is 8.11. The first-order valence-electron chi connectivity index (χ1n) is 10.2. The number of guanidine groups is 1. The van der Waals surface area contributed by atoms with Gasteiger partial charge in [0, 0.05) is 16.6 Å². The maximum atomic E-state index is 13.2. The van der Waals surface area contributed by atoms with E-state index in [-0.39, 0.29) is 24.3 Å². The first-order valence-corrected chi connectivity index (χ1v) is 10.9. The molecule has 2 aromatic carbocycles. The van der Waals surface area contributed by atoms with Crippen molar-refractivity contribution in [3.63, 3.8) is 0 Å². The number of piperidine rings is 1. The predicted molar refractivity (Wildman–Crippen MR) is 123 cm³/mol. The summed E-state index contributed by atoms with van der Waals surface area (Å²) in [6.07, 6.45) is 2.04. The summed E-state index contributed by atoms with van der Waals surface area (Å²) < 4.78 is 0. The molecule has 2 N–H and O–H groups in total. The molecular weight excluding hydrogens is 419 g/mol. The predicted octanol–water partition coefficient (Wildman–Crippen LogP) is 4.52. The van der Waals surface area contributed by atoms with Crippen LogP contribution in [0.4, 0.5) is 0 Å². The van der Waals surface area contributed by atoms with Crippen LogP contribution in [-0.2, 0) is 10.3 Å². The number of carbonyl (C=O) groups is 1. The molecule has 2 aliphatic rings. The number of benzene rings is 2. The number of likely N-dealkylation sites (tertiary alicyclic amines) is 1. The molecule has 1 atom stereocenters. The van der Waals surface area contributed by atoms with Crippen molar-refractivity contribution in [3.05, 3.63) is 58.1 Å². The van der Waals surface area contributed by atoms with E-state index in [1.807, 2.05) is 49.4 Å². The number of rotatable bonds is 3. The van der Waals surface area contributed by atoms with Crippen LogP contribution in [0, 0.1) is 0 Å². The molecule has 1 fully saturated rings. The number of hydrogen-bond donors (Lipinski definition) is 1. The monoisotopic (exact) mass is 444 g/mol. The average Bonchev–Trinajstić information content (AvgIpc) is 2.69. The molecule has 158 valence electrons. The largest absolute Gasteiger partial charge is 0.369 e.